The summed E-state index contributed by atoms with van der Waals surface area (Å²) in [6.07, 6.45) is -3.56. The lowest BCUT2D eigenvalue weighted by Gasteiger charge is -2.13. The number of rotatable bonds is 8. The third-order valence-electron chi connectivity index (χ3n) is 3.54. The maximum absolute atomic E-state index is 13.3. The average Bonchev–Trinajstić information content (AvgIpc) is 3.05. The smallest absolute Gasteiger partial charge is 0.434 e. The van der Waals surface area contributed by atoms with Crippen molar-refractivity contribution >= 4 is 17.6 Å². The van der Waals surface area contributed by atoms with E-state index in [0.29, 0.717) is 30.5 Å². The SMILES string of the molecule is CCOCCCC(=O)Nc1cccc(-n2ncc(C(=O)O)c2C(F)(F)F)c1. The van der Waals surface area contributed by atoms with Gasteiger partial charge in [0.25, 0.3) is 0 Å². The van der Waals surface area contributed by atoms with Crippen molar-refractivity contribution in [2.45, 2.75) is 25.9 Å². The number of aromatic nitrogens is 2. The van der Waals surface area contributed by atoms with Gasteiger partial charge in [-0.1, -0.05) is 6.07 Å². The number of hydrogen-bond donors (Lipinski definition) is 2. The van der Waals surface area contributed by atoms with Gasteiger partial charge in [-0.15, -0.1) is 0 Å². The molecule has 0 bridgehead atoms. The van der Waals surface area contributed by atoms with Gasteiger partial charge in [0.1, 0.15) is 5.56 Å². The molecule has 0 fully saturated rings. The van der Waals surface area contributed by atoms with E-state index in [1.807, 2.05) is 6.92 Å². The van der Waals surface area contributed by atoms with Crippen LogP contribution in [0.15, 0.2) is 30.5 Å². The van der Waals surface area contributed by atoms with Gasteiger partial charge in [0.05, 0.1) is 11.9 Å². The van der Waals surface area contributed by atoms with E-state index in [1.165, 1.54) is 24.3 Å². The van der Waals surface area contributed by atoms with Gasteiger partial charge in [-0.2, -0.15) is 18.3 Å². The lowest BCUT2D eigenvalue weighted by molar-refractivity contribution is -0.143. The number of alkyl halides is 3. The van der Waals surface area contributed by atoms with Crippen LogP contribution in [0, 0.1) is 0 Å². The van der Waals surface area contributed by atoms with Crippen molar-refractivity contribution in [3.8, 4) is 5.69 Å². The highest BCUT2D eigenvalue weighted by atomic mass is 19.4. The Morgan fingerprint density at radius 1 is 1.33 bits per heavy atom. The Kier molecular flexibility index (Phi) is 6.56. The first-order valence-corrected chi connectivity index (χ1v) is 8.10. The second-order valence-corrected chi connectivity index (χ2v) is 5.52. The lowest BCUT2D eigenvalue weighted by Crippen LogP contribution is -2.17. The van der Waals surface area contributed by atoms with Gasteiger partial charge in [0, 0.05) is 25.3 Å². The number of carbonyl (C=O) groups is 2. The number of amides is 1. The van der Waals surface area contributed by atoms with Gasteiger partial charge in [-0.05, 0) is 31.5 Å². The normalized spacial score (nSPS) is 11.4. The molecule has 0 aliphatic heterocycles. The fourth-order valence-corrected chi connectivity index (χ4v) is 2.39. The Labute approximate surface area is 152 Å². The van der Waals surface area contributed by atoms with Crippen molar-refractivity contribution in [3.05, 3.63) is 41.7 Å². The molecule has 2 N–H and O–H groups in total. The number of nitrogens with zero attached hydrogens (tertiary/aromatic N) is 2. The number of anilines is 1. The number of halogens is 3. The molecule has 0 unspecified atom stereocenters. The van der Waals surface area contributed by atoms with Gasteiger partial charge in [-0.25, -0.2) is 9.48 Å². The molecular weight excluding hydrogens is 367 g/mol. The Balaban J connectivity index is 2.23. The molecule has 10 heteroatoms. The van der Waals surface area contributed by atoms with Gasteiger partial charge < -0.3 is 15.2 Å². The molecule has 0 atom stereocenters. The molecule has 27 heavy (non-hydrogen) atoms. The third-order valence-corrected chi connectivity index (χ3v) is 3.54. The second kappa shape index (κ2) is 8.67. The van der Waals surface area contributed by atoms with Gasteiger partial charge in [0.2, 0.25) is 5.91 Å². The highest BCUT2D eigenvalue weighted by Gasteiger charge is 2.40. The molecule has 0 radical (unpaired) electrons. The molecule has 0 saturated heterocycles. The standard InChI is InChI=1S/C17H18F3N3O4/c1-2-27-8-4-7-14(24)22-11-5-3-6-12(9-11)23-15(17(18,19)20)13(10-21-23)16(25)26/h3,5-6,9-10H,2,4,7-8H2,1H3,(H,22,24)(H,25,26). The van der Waals surface area contributed by atoms with Crippen LogP contribution in [0.2, 0.25) is 0 Å². The van der Waals surface area contributed by atoms with E-state index >= 15 is 0 Å². The first-order valence-electron chi connectivity index (χ1n) is 8.10. The molecule has 2 rings (SSSR count). The fraction of sp³-hybridized carbons (Fsp3) is 0.353. The number of aromatic carboxylic acids is 1. The number of ether oxygens (including phenoxy) is 1. The summed E-state index contributed by atoms with van der Waals surface area (Å²) in [4.78, 5) is 22.9. The molecule has 1 aromatic heterocycles. The number of carboxylic acid groups (broad SMARTS) is 1. The number of carboxylic acids is 1. The molecule has 146 valence electrons. The van der Waals surface area contributed by atoms with Crippen molar-refractivity contribution in [2.75, 3.05) is 18.5 Å². The molecule has 0 spiro atoms. The first kappa shape index (κ1) is 20.4. The molecule has 2 aromatic rings. The van der Waals surface area contributed by atoms with Crippen LogP contribution in [0.25, 0.3) is 5.69 Å². The van der Waals surface area contributed by atoms with Gasteiger partial charge >= 0.3 is 12.1 Å². The number of nitrogens with one attached hydrogen (secondary N) is 1. The molecule has 1 amide bonds. The third kappa shape index (κ3) is 5.30. The largest absolute Gasteiger partial charge is 0.478 e. The minimum absolute atomic E-state index is 0.0260. The molecule has 1 heterocycles. The van der Waals surface area contributed by atoms with Crippen molar-refractivity contribution in [1.82, 2.24) is 9.78 Å². The minimum Gasteiger partial charge on any atom is -0.478 e. The van der Waals surface area contributed by atoms with Crippen LogP contribution in [0.1, 0.15) is 35.8 Å². The van der Waals surface area contributed by atoms with Crippen LogP contribution in [0.5, 0.6) is 0 Å². The van der Waals surface area contributed by atoms with Crippen LogP contribution in [0.4, 0.5) is 18.9 Å². The molecule has 0 aliphatic rings. The number of carbonyl (C=O) groups excluding carboxylic acids is 1. The highest BCUT2D eigenvalue weighted by molar-refractivity contribution is 5.91. The summed E-state index contributed by atoms with van der Waals surface area (Å²) in [7, 11) is 0. The Morgan fingerprint density at radius 2 is 2.07 bits per heavy atom. The van der Waals surface area contributed by atoms with Crippen LogP contribution in [0.3, 0.4) is 0 Å². The van der Waals surface area contributed by atoms with E-state index in [4.69, 9.17) is 9.84 Å². The molecule has 7 nitrogen and oxygen atoms in total. The summed E-state index contributed by atoms with van der Waals surface area (Å²) >= 11 is 0. The van der Waals surface area contributed by atoms with Gasteiger partial charge in [-0.3, -0.25) is 4.79 Å². The van der Waals surface area contributed by atoms with E-state index in [0.717, 1.165) is 0 Å². The zero-order valence-corrected chi connectivity index (χ0v) is 14.4. The maximum atomic E-state index is 13.3. The summed E-state index contributed by atoms with van der Waals surface area (Å²) in [5, 5.41) is 15.1. The van der Waals surface area contributed by atoms with Crippen LogP contribution in [-0.2, 0) is 15.7 Å². The van der Waals surface area contributed by atoms with Crippen molar-refractivity contribution < 1.29 is 32.6 Å². The Morgan fingerprint density at radius 3 is 2.70 bits per heavy atom. The van der Waals surface area contributed by atoms with Crippen LogP contribution < -0.4 is 5.32 Å². The highest BCUT2D eigenvalue weighted by Crippen LogP contribution is 2.34. The Bertz CT molecular complexity index is 818. The zero-order valence-electron chi connectivity index (χ0n) is 14.4. The summed E-state index contributed by atoms with van der Waals surface area (Å²) in [5.74, 6) is -2.04. The summed E-state index contributed by atoms with van der Waals surface area (Å²) in [6.45, 7) is 2.82. The molecule has 1 aromatic carbocycles. The molecule has 0 aliphatic carbocycles. The zero-order chi connectivity index (χ0) is 20.0. The van der Waals surface area contributed by atoms with Gasteiger partial charge in [0.15, 0.2) is 5.69 Å². The summed E-state index contributed by atoms with van der Waals surface area (Å²) < 4.78 is 45.5. The summed E-state index contributed by atoms with van der Waals surface area (Å²) in [5.41, 5.74) is -2.10. The topological polar surface area (TPSA) is 93.5 Å². The number of benzene rings is 1. The van der Waals surface area contributed by atoms with Crippen LogP contribution >= 0.6 is 0 Å². The maximum Gasteiger partial charge on any atom is 0.434 e. The molecular formula is C17H18F3N3O4. The fourth-order valence-electron chi connectivity index (χ4n) is 2.39. The van der Waals surface area contributed by atoms with E-state index in [2.05, 4.69) is 10.4 Å². The molecule has 0 saturated carbocycles. The predicted molar refractivity (Wildman–Crippen MR) is 89.9 cm³/mol. The van der Waals surface area contributed by atoms with E-state index in [1.54, 1.807) is 0 Å². The van der Waals surface area contributed by atoms with E-state index in [9.17, 15) is 22.8 Å². The minimum atomic E-state index is -4.91. The second-order valence-electron chi connectivity index (χ2n) is 5.52. The van der Waals surface area contributed by atoms with Crippen LogP contribution in [-0.4, -0.2) is 40.0 Å². The van der Waals surface area contributed by atoms with E-state index < -0.39 is 23.4 Å². The predicted octanol–water partition coefficient (Wildman–Crippen LogP) is 3.34. The van der Waals surface area contributed by atoms with Crippen molar-refractivity contribution in [1.29, 1.82) is 0 Å². The Hall–Kier alpha value is -2.88. The van der Waals surface area contributed by atoms with Crippen molar-refractivity contribution in [3.63, 3.8) is 0 Å². The first-order chi connectivity index (χ1) is 12.7. The average molecular weight is 385 g/mol. The van der Waals surface area contributed by atoms with E-state index in [-0.39, 0.29) is 23.7 Å². The quantitative estimate of drug-likeness (QED) is 0.680. The lowest BCUT2D eigenvalue weighted by atomic mass is 10.2. The monoisotopic (exact) mass is 385 g/mol. The number of hydrogen-bond acceptors (Lipinski definition) is 4. The summed E-state index contributed by atoms with van der Waals surface area (Å²) in [6, 6.07) is 5.57. The van der Waals surface area contributed by atoms with Crippen molar-refractivity contribution in [2.24, 2.45) is 0 Å².